The molecule has 0 radical (unpaired) electrons. The maximum atomic E-state index is 13.0. The number of aromatic nitrogens is 2. The van der Waals surface area contributed by atoms with Gasteiger partial charge >= 0.3 is 0 Å². The van der Waals surface area contributed by atoms with Crippen LogP contribution in [0.15, 0.2) is 72.8 Å². The lowest BCUT2D eigenvalue weighted by Gasteiger charge is -2.33. The summed E-state index contributed by atoms with van der Waals surface area (Å²) in [5.41, 5.74) is 4.21. The Labute approximate surface area is 191 Å². The van der Waals surface area contributed by atoms with Crippen LogP contribution in [0.3, 0.4) is 0 Å². The first-order valence-corrected chi connectivity index (χ1v) is 11.0. The molecule has 2 amide bonds. The summed E-state index contributed by atoms with van der Waals surface area (Å²) in [7, 11) is 0. The van der Waals surface area contributed by atoms with Crippen LogP contribution in [0.2, 0.25) is 0 Å². The van der Waals surface area contributed by atoms with Crippen LogP contribution < -0.4 is 15.0 Å². The van der Waals surface area contributed by atoms with E-state index in [2.05, 4.69) is 27.4 Å². The second-order valence-electron chi connectivity index (χ2n) is 8.09. The van der Waals surface area contributed by atoms with Gasteiger partial charge in [-0.2, -0.15) is 0 Å². The van der Waals surface area contributed by atoms with E-state index in [1.165, 1.54) is 10.5 Å². The number of hydrogen-bond acceptors (Lipinski definition) is 4. The van der Waals surface area contributed by atoms with E-state index in [0.717, 1.165) is 29.7 Å². The van der Waals surface area contributed by atoms with Crippen LogP contribution in [-0.4, -0.2) is 34.4 Å². The Bertz CT molecular complexity index is 1320. The second-order valence-corrected chi connectivity index (χ2v) is 8.09. The normalized spacial score (nSPS) is 14.0. The smallest absolute Gasteiger partial charge is 0.265 e. The number of aromatic amines is 1. The average molecular weight is 441 g/mol. The fourth-order valence-corrected chi connectivity index (χ4v) is 4.08. The lowest BCUT2D eigenvalue weighted by Crippen LogP contribution is -2.49. The number of para-hydroxylation sites is 2. The molecule has 3 aromatic carbocycles. The number of ether oxygens (including phenoxy) is 1. The van der Waals surface area contributed by atoms with Gasteiger partial charge in [-0.25, -0.2) is 4.98 Å². The molecule has 1 atom stereocenters. The Balaban J connectivity index is 1.29. The fraction of sp³-hybridized carbons (Fsp3) is 0.192. The number of amides is 2. The van der Waals surface area contributed by atoms with Gasteiger partial charge in [0.05, 0.1) is 16.7 Å². The molecule has 166 valence electrons. The van der Waals surface area contributed by atoms with Crippen molar-refractivity contribution in [2.75, 3.05) is 16.8 Å². The van der Waals surface area contributed by atoms with Crippen molar-refractivity contribution in [2.45, 2.75) is 25.8 Å². The number of rotatable bonds is 6. The van der Waals surface area contributed by atoms with Gasteiger partial charge in [-0.05, 0) is 49.2 Å². The van der Waals surface area contributed by atoms with Gasteiger partial charge in [0.1, 0.15) is 17.6 Å². The third-order valence-electron chi connectivity index (χ3n) is 5.80. The largest absolute Gasteiger partial charge is 0.482 e. The number of aryl methyl sites for hydroxylation is 2. The predicted octanol–water partition coefficient (Wildman–Crippen LogP) is 4.10. The van der Waals surface area contributed by atoms with Crippen LogP contribution in [-0.2, 0) is 22.4 Å². The van der Waals surface area contributed by atoms with E-state index >= 15 is 0 Å². The zero-order valence-electron chi connectivity index (χ0n) is 18.2. The minimum Gasteiger partial charge on any atom is -0.482 e. The van der Waals surface area contributed by atoms with E-state index in [1.54, 1.807) is 19.1 Å². The summed E-state index contributed by atoms with van der Waals surface area (Å²) in [6, 6.07) is 22.4. The number of fused-ring (bicyclic) bond motifs is 2. The third-order valence-corrected chi connectivity index (χ3v) is 5.80. The van der Waals surface area contributed by atoms with Crippen LogP contribution in [0.4, 0.5) is 11.4 Å². The Morgan fingerprint density at radius 2 is 1.88 bits per heavy atom. The molecule has 0 unspecified atom stereocenters. The van der Waals surface area contributed by atoms with Gasteiger partial charge in [-0.1, -0.05) is 42.5 Å². The number of carbonyl (C=O) groups is 2. The highest BCUT2D eigenvalue weighted by Crippen LogP contribution is 2.33. The number of anilines is 2. The third kappa shape index (κ3) is 4.30. The van der Waals surface area contributed by atoms with E-state index in [1.807, 2.05) is 48.5 Å². The van der Waals surface area contributed by atoms with E-state index < -0.39 is 6.04 Å². The zero-order chi connectivity index (χ0) is 22.8. The van der Waals surface area contributed by atoms with Crippen molar-refractivity contribution in [3.05, 3.63) is 84.2 Å². The summed E-state index contributed by atoms with van der Waals surface area (Å²) in [4.78, 5) is 35.0. The standard InChI is InChI=1S/C26H24N4O3/c1-17(30-22-9-5-6-10-23(22)33-16-25(30)31)26(32)27-19-12-13-20-21(15-19)29-24(28-20)14-11-18-7-3-2-4-8-18/h2-10,12-13,15,17H,11,14,16H2,1H3,(H,27,32)(H,28,29)/t17-/m1/s1. The molecule has 0 spiro atoms. The summed E-state index contributed by atoms with van der Waals surface area (Å²) in [6.07, 6.45) is 1.70. The van der Waals surface area contributed by atoms with Crippen molar-refractivity contribution in [3.63, 3.8) is 0 Å². The van der Waals surface area contributed by atoms with E-state index in [4.69, 9.17) is 4.74 Å². The number of imidazole rings is 1. The molecule has 0 saturated heterocycles. The molecule has 0 bridgehead atoms. The number of H-pyrrole nitrogens is 1. The van der Waals surface area contributed by atoms with Crippen LogP contribution in [0.25, 0.3) is 11.0 Å². The molecule has 5 rings (SSSR count). The molecule has 0 fully saturated rings. The topological polar surface area (TPSA) is 87.3 Å². The summed E-state index contributed by atoms with van der Waals surface area (Å²) in [5.74, 6) is 0.978. The summed E-state index contributed by atoms with van der Waals surface area (Å²) in [6.45, 7) is 1.63. The first-order chi connectivity index (χ1) is 16.1. The van der Waals surface area contributed by atoms with Gasteiger partial charge in [0.25, 0.3) is 5.91 Å². The van der Waals surface area contributed by atoms with Gasteiger partial charge in [0.2, 0.25) is 5.91 Å². The van der Waals surface area contributed by atoms with Crippen molar-refractivity contribution in [1.29, 1.82) is 0 Å². The van der Waals surface area contributed by atoms with E-state index in [-0.39, 0.29) is 18.4 Å². The quantitative estimate of drug-likeness (QED) is 0.473. The Kier molecular flexibility index (Phi) is 5.52. The molecule has 7 nitrogen and oxygen atoms in total. The molecular weight excluding hydrogens is 416 g/mol. The number of benzene rings is 3. The minimum absolute atomic E-state index is 0.0828. The molecular formula is C26H24N4O3. The number of carbonyl (C=O) groups excluding carboxylic acids is 2. The van der Waals surface area contributed by atoms with Gasteiger partial charge in [-0.3, -0.25) is 14.5 Å². The van der Waals surface area contributed by atoms with Crippen molar-refractivity contribution in [1.82, 2.24) is 9.97 Å². The molecule has 2 heterocycles. The summed E-state index contributed by atoms with van der Waals surface area (Å²) in [5, 5.41) is 2.93. The average Bonchev–Trinajstić information content (AvgIpc) is 3.25. The summed E-state index contributed by atoms with van der Waals surface area (Å²) >= 11 is 0. The first-order valence-electron chi connectivity index (χ1n) is 11.0. The zero-order valence-corrected chi connectivity index (χ0v) is 18.2. The highest BCUT2D eigenvalue weighted by atomic mass is 16.5. The minimum atomic E-state index is -0.693. The lowest BCUT2D eigenvalue weighted by atomic mass is 10.1. The number of nitrogens with one attached hydrogen (secondary N) is 2. The number of hydrogen-bond donors (Lipinski definition) is 2. The SMILES string of the molecule is C[C@H](C(=O)Nc1ccc2nc(CCc3ccccc3)[nH]c2c1)N1C(=O)COc2ccccc21. The molecule has 1 aliphatic heterocycles. The maximum Gasteiger partial charge on any atom is 0.265 e. The lowest BCUT2D eigenvalue weighted by molar-refractivity contribution is -0.125. The predicted molar refractivity (Wildman–Crippen MR) is 127 cm³/mol. The van der Waals surface area contributed by atoms with Gasteiger partial charge in [0, 0.05) is 12.1 Å². The Hall–Kier alpha value is -4.13. The van der Waals surface area contributed by atoms with Crippen LogP contribution in [0.1, 0.15) is 18.3 Å². The van der Waals surface area contributed by atoms with Gasteiger partial charge < -0.3 is 15.0 Å². The van der Waals surface area contributed by atoms with E-state index in [0.29, 0.717) is 17.1 Å². The Morgan fingerprint density at radius 3 is 2.73 bits per heavy atom. The molecule has 7 heteroatoms. The molecule has 2 N–H and O–H groups in total. The van der Waals surface area contributed by atoms with Crippen molar-refractivity contribution < 1.29 is 14.3 Å². The molecule has 4 aromatic rings. The summed E-state index contributed by atoms with van der Waals surface area (Å²) < 4.78 is 5.48. The monoisotopic (exact) mass is 440 g/mol. The molecule has 1 aliphatic rings. The van der Waals surface area contributed by atoms with Crippen molar-refractivity contribution in [2.24, 2.45) is 0 Å². The van der Waals surface area contributed by atoms with E-state index in [9.17, 15) is 9.59 Å². The van der Waals surface area contributed by atoms with Gasteiger partial charge in [-0.15, -0.1) is 0 Å². The highest BCUT2D eigenvalue weighted by molar-refractivity contribution is 6.07. The van der Waals surface area contributed by atoms with Crippen molar-refractivity contribution in [3.8, 4) is 5.75 Å². The molecule has 33 heavy (non-hydrogen) atoms. The molecule has 0 aliphatic carbocycles. The molecule has 1 aromatic heterocycles. The van der Waals surface area contributed by atoms with Crippen LogP contribution in [0.5, 0.6) is 5.75 Å². The van der Waals surface area contributed by atoms with Gasteiger partial charge in [0.15, 0.2) is 6.61 Å². The maximum absolute atomic E-state index is 13.0. The van der Waals surface area contributed by atoms with Crippen LogP contribution in [0, 0.1) is 0 Å². The van der Waals surface area contributed by atoms with Crippen molar-refractivity contribution >= 4 is 34.2 Å². The number of nitrogens with zero attached hydrogens (tertiary/aromatic N) is 2. The Morgan fingerprint density at radius 1 is 1.09 bits per heavy atom. The highest BCUT2D eigenvalue weighted by Gasteiger charge is 2.32. The fourth-order valence-electron chi connectivity index (χ4n) is 4.08. The molecule has 0 saturated carbocycles. The van der Waals surface area contributed by atoms with Crippen LogP contribution >= 0.6 is 0 Å². The first kappa shape index (κ1) is 20.8. The second kappa shape index (κ2) is 8.78.